The third-order valence-corrected chi connectivity index (χ3v) is 8.52. The Morgan fingerprint density at radius 2 is 1.86 bits per heavy atom. The molecule has 3 aliphatic rings. The molecule has 3 aromatic rings. The van der Waals surface area contributed by atoms with E-state index in [4.69, 9.17) is 0 Å². The number of pyridine rings is 2. The molecule has 4 heterocycles. The van der Waals surface area contributed by atoms with E-state index in [1.54, 1.807) is 18.3 Å². The molecule has 4 atom stereocenters. The SMILES string of the molecule is C[C@H]1[C@H](c2c(F)ccc(F)c2F)C[C@@H](NC(=O)c2cnc3c(c2)C[C@@]2(C3)C(=O)Nc3ncccc32)C(=O)N1CC(F)(F)F. The van der Waals surface area contributed by atoms with E-state index in [1.165, 1.54) is 19.2 Å². The Kier molecular flexibility index (Phi) is 6.69. The van der Waals surface area contributed by atoms with Gasteiger partial charge < -0.3 is 15.5 Å². The van der Waals surface area contributed by atoms with Gasteiger partial charge in [-0.25, -0.2) is 18.2 Å². The van der Waals surface area contributed by atoms with Gasteiger partial charge in [-0.05, 0) is 49.6 Å². The van der Waals surface area contributed by atoms with Crippen LogP contribution in [0.2, 0.25) is 0 Å². The lowest BCUT2D eigenvalue weighted by Crippen LogP contribution is -2.60. The average molecular weight is 604 g/mol. The highest BCUT2D eigenvalue weighted by Crippen LogP contribution is 2.46. The van der Waals surface area contributed by atoms with Crippen LogP contribution < -0.4 is 10.6 Å². The van der Waals surface area contributed by atoms with Gasteiger partial charge in [0.1, 0.15) is 24.2 Å². The van der Waals surface area contributed by atoms with E-state index < -0.39 is 77.4 Å². The van der Waals surface area contributed by atoms with E-state index in [2.05, 4.69) is 20.6 Å². The predicted molar refractivity (Wildman–Crippen MR) is 138 cm³/mol. The van der Waals surface area contributed by atoms with Crippen molar-refractivity contribution in [1.82, 2.24) is 20.2 Å². The number of carbonyl (C=O) groups is 3. The van der Waals surface area contributed by atoms with Crippen molar-refractivity contribution >= 4 is 23.5 Å². The fraction of sp³-hybridized carbons (Fsp3) is 0.345. The normalized spacial score (nSPS) is 24.6. The topological polar surface area (TPSA) is 104 Å². The fourth-order valence-electron chi connectivity index (χ4n) is 6.43. The van der Waals surface area contributed by atoms with Crippen LogP contribution in [-0.2, 0) is 27.8 Å². The Labute approximate surface area is 240 Å². The van der Waals surface area contributed by atoms with Crippen molar-refractivity contribution in [1.29, 1.82) is 0 Å². The van der Waals surface area contributed by atoms with Gasteiger partial charge in [0.15, 0.2) is 11.6 Å². The summed E-state index contributed by atoms with van der Waals surface area (Å²) in [6, 6.07) is 3.19. The predicted octanol–water partition coefficient (Wildman–Crippen LogP) is 3.95. The van der Waals surface area contributed by atoms with Crippen LogP contribution in [0.4, 0.5) is 32.2 Å². The third kappa shape index (κ3) is 4.78. The number of carbonyl (C=O) groups excluding carboxylic acids is 3. The van der Waals surface area contributed by atoms with Crippen LogP contribution in [0.5, 0.6) is 0 Å². The summed E-state index contributed by atoms with van der Waals surface area (Å²) in [5, 5.41) is 5.14. The number of amides is 3. The number of aromatic nitrogens is 2. The maximum atomic E-state index is 14.7. The first kappa shape index (κ1) is 28.6. The highest BCUT2D eigenvalue weighted by atomic mass is 19.4. The minimum absolute atomic E-state index is 0.0333. The Bertz CT molecular complexity index is 1680. The van der Waals surface area contributed by atoms with Gasteiger partial charge in [-0.2, -0.15) is 13.2 Å². The van der Waals surface area contributed by atoms with Gasteiger partial charge in [0.2, 0.25) is 11.8 Å². The first-order valence-electron chi connectivity index (χ1n) is 13.4. The maximum absolute atomic E-state index is 14.7. The Hall–Kier alpha value is -4.49. The zero-order valence-corrected chi connectivity index (χ0v) is 22.4. The number of nitrogens with zero attached hydrogens (tertiary/aromatic N) is 3. The van der Waals surface area contributed by atoms with Gasteiger partial charge in [-0.3, -0.25) is 19.4 Å². The molecule has 0 saturated carbocycles. The molecular formula is C29H23F6N5O3. The summed E-state index contributed by atoms with van der Waals surface area (Å²) >= 11 is 0. The first-order chi connectivity index (χ1) is 20.3. The summed E-state index contributed by atoms with van der Waals surface area (Å²) in [4.78, 5) is 48.4. The van der Waals surface area contributed by atoms with E-state index >= 15 is 0 Å². The molecule has 1 aromatic carbocycles. The van der Waals surface area contributed by atoms with E-state index in [9.17, 15) is 40.7 Å². The molecule has 1 saturated heterocycles. The highest BCUT2D eigenvalue weighted by molar-refractivity contribution is 6.06. The van der Waals surface area contributed by atoms with Gasteiger partial charge in [-0.1, -0.05) is 6.07 Å². The van der Waals surface area contributed by atoms with Crippen molar-refractivity contribution in [2.45, 2.75) is 55.8 Å². The molecule has 1 aliphatic carbocycles. The minimum atomic E-state index is -4.86. The van der Waals surface area contributed by atoms with Gasteiger partial charge in [0, 0.05) is 47.6 Å². The molecule has 0 radical (unpaired) electrons. The number of nitrogens with one attached hydrogen (secondary N) is 2. The molecule has 2 aliphatic heterocycles. The quantitative estimate of drug-likeness (QED) is 0.348. The van der Waals surface area contributed by atoms with Crippen LogP contribution >= 0.6 is 0 Å². The summed E-state index contributed by atoms with van der Waals surface area (Å²) in [6.45, 7) is -0.557. The molecule has 8 nitrogen and oxygen atoms in total. The molecule has 6 rings (SSSR count). The highest BCUT2D eigenvalue weighted by Gasteiger charge is 2.52. The molecule has 14 heteroatoms. The monoisotopic (exact) mass is 603 g/mol. The molecule has 0 bridgehead atoms. The molecule has 43 heavy (non-hydrogen) atoms. The third-order valence-electron chi connectivity index (χ3n) is 8.52. The summed E-state index contributed by atoms with van der Waals surface area (Å²) in [5.74, 6) is -7.38. The van der Waals surface area contributed by atoms with Crippen molar-refractivity contribution < 1.29 is 40.7 Å². The largest absolute Gasteiger partial charge is 0.406 e. The zero-order chi connectivity index (χ0) is 30.8. The van der Waals surface area contributed by atoms with Crippen LogP contribution in [0.15, 0.2) is 42.7 Å². The van der Waals surface area contributed by atoms with Crippen molar-refractivity contribution in [2.24, 2.45) is 0 Å². The number of piperidine rings is 1. The van der Waals surface area contributed by atoms with Gasteiger partial charge >= 0.3 is 6.18 Å². The second-order valence-electron chi connectivity index (χ2n) is 11.1. The summed E-state index contributed by atoms with van der Waals surface area (Å²) in [6.07, 6.45) is -2.11. The van der Waals surface area contributed by atoms with Gasteiger partial charge in [-0.15, -0.1) is 0 Å². The number of halogens is 6. The first-order valence-corrected chi connectivity index (χ1v) is 13.4. The minimum Gasteiger partial charge on any atom is -0.340 e. The second kappa shape index (κ2) is 10.1. The van der Waals surface area contributed by atoms with Crippen molar-refractivity contribution in [3.63, 3.8) is 0 Å². The van der Waals surface area contributed by atoms with Crippen LogP contribution in [0.25, 0.3) is 0 Å². The summed E-state index contributed by atoms with van der Waals surface area (Å²) in [5.41, 5.74) is 0.0460. The Morgan fingerprint density at radius 1 is 1.12 bits per heavy atom. The van der Waals surface area contributed by atoms with Crippen LogP contribution in [0, 0.1) is 17.5 Å². The number of hydrogen-bond donors (Lipinski definition) is 2. The number of likely N-dealkylation sites (tertiary alicyclic amines) is 1. The number of alkyl halides is 3. The summed E-state index contributed by atoms with van der Waals surface area (Å²) < 4.78 is 83.8. The maximum Gasteiger partial charge on any atom is 0.406 e. The number of fused-ring (bicyclic) bond motifs is 3. The standard InChI is InChI=1S/C29H23F6N5O3/c1-13-16(22-18(30)4-5-19(31)23(22)32)8-20(26(42)40(13)12-29(33,34)35)38-25(41)15-7-14-9-28(10-21(14)37-11-15)17-3-2-6-36-24(17)39-27(28)43/h2-7,11,13,16,20H,8-10,12H2,1H3,(H,38,41)(H,36,39,43)/t13-,16+,20+,28-/m0/s1. The zero-order valence-electron chi connectivity index (χ0n) is 22.4. The lowest BCUT2D eigenvalue weighted by atomic mass is 9.80. The van der Waals surface area contributed by atoms with Crippen LogP contribution in [0.3, 0.4) is 0 Å². The van der Waals surface area contributed by atoms with E-state index in [1.807, 2.05) is 0 Å². The molecule has 3 amide bonds. The van der Waals surface area contributed by atoms with E-state index in [-0.39, 0.29) is 24.3 Å². The van der Waals surface area contributed by atoms with Crippen molar-refractivity contribution in [3.8, 4) is 0 Å². The van der Waals surface area contributed by atoms with Crippen molar-refractivity contribution in [2.75, 3.05) is 11.9 Å². The van der Waals surface area contributed by atoms with E-state index in [0.717, 1.165) is 0 Å². The number of hydrogen-bond acceptors (Lipinski definition) is 5. The summed E-state index contributed by atoms with van der Waals surface area (Å²) in [7, 11) is 0. The van der Waals surface area contributed by atoms with Gasteiger partial charge in [0.25, 0.3) is 5.91 Å². The van der Waals surface area contributed by atoms with Crippen LogP contribution in [-0.4, -0.2) is 57.4 Å². The van der Waals surface area contributed by atoms with Crippen LogP contribution in [0.1, 0.15) is 52.0 Å². The van der Waals surface area contributed by atoms with Gasteiger partial charge in [0.05, 0.1) is 11.0 Å². The Morgan fingerprint density at radius 3 is 2.60 bits per heavy atom. The fourth-order valence-corrected chi connectivity index (χ4v) is 6.43. The molecule has 224 valence electrons. The number of rotatable bonds is 4. The number of benzene rings is 1. The molecule has 2 aromatic heterocycles. The Balaban J connectivity index is 1.28. The molecular weight excluding hydrogens is 580 g/mol. The smallest absolute Gasteiger partial charge is 0.340 e. The molecule has 1 fully saturated rings. The average Bonchev–Trinajstić information content (AvgIpc) is 3.47. The molecule has 1 spiro atoms. The molecule has 2 N–H and O–H groups in total. The number of anilines is 1. The van der Waals surface area contributed by atoms with Crippen molar-refractivity contribution in [3.05, 3.63) is 88.1 Å². The lowest BCUT2D eigenvalue weighted by molar-refractivity contribution is -0.170. The molecule has 0 unspecified atom stereocenters. The van der Waals surface area contributed by atoms with E-state index in [0.29, 0.717) is 39.7 Å². The second-order valence-corrected chi connectivity index (χ2v) is 11.1. The lowest BCUT2D eigenvalue weighted by Gasteiger charge is -2.43.